The quantitative estimate of drug-likeness (QED) is 0.213. The molecule has 7 N–H and O–H groups in total. The Balaban J connectivity index is 5.27. The molecule has 0 radical (unpaired) electrons. The van der Waals surface area contributed by atoms with Crippen LogP contribution < -0.4 is 21.7 Å². The highest BCUT2D eigenvalue weighted by Gasteiger charge is 2.29. The summed E-state index contributed by atoms with van der Waals surface area (Å²) < 4.78 is 0. The number of carboxylic acids is 1. The Morgan fingerprint density at radius 2 is 1.43 bits per heavy atom. The molecule has 0 aliphatic carbocycles. The van der Waals surface area contributed by atoms with Crippen LogP contribution in [0.2, 0.25) is 0 Å². The second-order valence-corrected chi connectivity index (χ2v) is 7.89. The molecule has 28 heavy (non-hydrogen) atoms. The minimum absolute atomic E-state index is 0.0911. The van der Waals surface area contributed by atoms with Gasteiger partial charge in [0, 0.05) is 0 Å². The van der Waals surface area contributed by atoms with Gasteiger partial charge in [0.1, 0.15) is 18.1 Å². The lowest BCUT2D eigenvalue weighted by Crippen LogP contribution is -2.57. The van der Waals surface area contributed by atoms with Gasteiger partial charge in [-0.15, -0.1) is 0 Å². The minimum atomic E-state index is -1.47. The first kappa shape index (κ1) is 26.1. The van der Waals surface area contributed by atoms with Crippen LogP contribution in [0.25, 0.3) is 0 Å². The van der Waals surface area contributed by atoms with E-state index in [4.69, 9.17) is 15.9 Å². The highest BCUT2D eigenvalue weighted by Crippen LogP contribution is 2.08. The molecule has 0 bridgehead atoms. The molecular weight excluding hydrogens is 388 g/mol. The van der Waals surface area contributed by atoms with E-state index in [1.54, 1.807) is 0 Å². The van der Waals surface area contributed by atoms with Crippen LogP contribution in [0.5, 0.6) is 0 Å². The monoisotopic (exact) mass is 420 g/mol. The Hall–Kier alpha value is -1.85. The predicted octanol–water partition coefficient (Wildman–Crippen LogP) is -1.34. The zero-order valence-corrected chi connectivity index (χ0v) is 17.5. The lowest BCUT2D eigenvalue weighted by atomic mass is 10.0. The lowest BCUT2D eigenvalue weighted by Gasteiger charge is -2.25. The van der Waals surface area contributed by atoms with E-state index in [0.717, 1.165) is 0 Å². The first-order valence-corrected chi connectivity index (χ1v) is 10.4. The van der Waals surface area contributed by atoms with Gasteiger partial charge in [-0.2, -0.15) is 11.8 Å². The topological polar surface area (TPSA) is 171 Å². The number of aliphatic hydroxyl groups excluding tert-OH is 1. The van der Waals surface area contributed by atoms with Crippen LogP contribution in [-0.4, -0.2) is 76.7 Å². The van der Waals surface area contributed by atoms with Gasteiger partial charge in [0.05, 0.1) is 12.6 Å². The van der Waals surface area contributed by atoms with Crippen LogP contribution in [0.3, 0.4) is 0 Å². The number of carbonyl (C=O) groups is 4. The summed E-state index contributed by atoms with van der Waals surface area (Å²) in [4.78, 5) is 48.0. The van der Waals surface area contributed by atoms with Crippen LogP contribution in [0, 0.1) is 5.92 Å². The Labute approximate surface area is 169 Å². The first-order chi connectivity index (χ1) is 13.0. The van der Waals surface area contributed by atoms with Crippen LogP contribution in [0.15, 0.2) is 0 Å². The molecule has 11 heteroatoms. The number of carbonyl (C=O) groups excluding carboxylic acids is 3. The molecule has 4 atom stereocenters. The zero-order chi connectivity index (χ0) is 21.9. The van der Waals surface area contributed by atoms with Gasteiger partial charge in [-0.05, 0) is 37.7 Å². The molecule has 0 rings (SSSR count). The van der Waals surface area contributed by atoms with Crippen molar-refractivity contribution in [3.8, 4) is 0 Å². The fourth-order valence-corrected chi connectivity index (χ4v) is 2.71. The number of hydrogen-bond donors (Lipinski definition) is 6. The highest BCUT2D eigenvalue weighted by atomic mass is 32.2. The van der Waals surface area contributed by atoms with Crippen LogP contribution in [0.1, 0.15) is 33.6 Å². The summed E-state index contributed by atoms with van der Waals surface area (Å²) in [6.45, 7) is 4.49. The predicted molar refractivity (Wildman–Crippen MR) is 107 cm³/mol. The smallest absolute Gasteiger partial charge is 0.328 e. The van der Waals surface area contributed by atoms with Gasteiger partial charge in [0.25, 0.3) is 0 Å². The Morgan fingerprint density at radius 3 is 1.86 bits per heavy atom. The van der Waals surface area contributed by atoms with Crippen molar-refractivity contribution >= 4 is 35.5 Å². The number of hydrogen-bond acceptors (Lipinski definition) is 7. The van der Waals surface area contributed by atoms with Gasteiger partial charge in [0.15, 0.2) is 0 Å². The molecule has 4 unspecified atom stereocenters. The molecular formula is C17H32N4O6S. The highest BCUT2D eigenvalue weighted by molar-refractivity contribution is 7.98. The molecule has 0 aliphatic heterocycles. The van der Waals surface area contributed by atoms with Crippen LogP contribution in [0.4, 0.5) is 0 Å². The molecule has 0 aromatic rings. The average Bonchev–Trinajstić information content (AvgIpc) is 2.61. The average molecular weight is 421 g/mol. The van der Waals surface area contributed by atoms with Crippen molar-refractivity contribution in [2.45, 2.75) is 57.8 Å². The van der Waals surface area contributed by atoms with Gasteiger partial charge in [-0.1, -0.05) is 13.8 Å². The van der Waals surface area contributed by atoms with Gasteiger partial charge in [0.2, 0.25) is 17.7 Å². The van der Waals surface area contributed by atoms with E-state index in [2.05, 4.69) is 16.0 Å². The normalized spacial score (nSPS) is 15.2. The maximum atomic E-state index is 12.7. The Morgan fingerprint density at radius 1 is 0.929 bits per heavy atom. The number of amides is 3. The molecule has 0 spiro atoms. The summed E-state index contributed by atoms with van der Waals surface area (Å²) in [5.74, 6) is -2.51. The molecule has 0 aromatic carbocycles. The van der Waals surface area contributed by atoms with E-state index < -0.39 is 54.5 Å². The van der Waals surface area contributed by atoms with Crippen molar-refractivity contribution < 1.29 is 29.4 Å². The number of nitrogens with two attached hydrogens (primary N) is 1. The van der Waals surface area contributed by atoms with Crippen molar-refractivity contribution in [2.24, 2.45) is 11.7 Å². The molecule has 10 nitrogen and oxygen atoms in total. The number of aliphatic carboxylic acids is 1. The van der Waals surface area contributed by atoms with E-state index in [-0.39, 0.29) is 12.3 Å². The summed E-state index contributed by atoms with van der Waals surface area (Å²) >= 11 is 1.46. The maximum absolute atomic E-state index is 12.7. The first-order valence-electron chi connectivity index (χ1n) is 9.02. The van der Waals surface area contributed by atoms with Gasteiger partial charge >= 0.3 is 5.97 Å². The summed E-state index contributed by atoms with van der Waals surface area (Å²) in [5, 5.41) is 25.4. The third-order valence-corrected chi connectivity index (χ3v) is 4.44. The van der Waals surface area contributed by atoms with Crippen molar-refractivity contribution in [1.29, 1.82) is 0 Å². The van der Waals surface area contributed by atoms with E-state index in [9.17, 15) is 19.2 Å². The van der Waals surface area contributed by atoms with Gasteiger partial charge in [-0.3, -0.25) is 14.4 Å². The molecule has 0 aromatic heterocycles. The number of carboxylic acid groups (broad SMARTS) is 1. The van der Waals surface area contributed by atoms with E-state index in [1.165, 1.54) is 18.7 Å². The van der Waals surface area contributed by atoms with Crippen LogP contribution in [-0.2, 0) is 19.2 Å². The Bertz CT molecular complexity index is 544. The largest absolute Gasteiger partial charge is 0.480 e. The molecule has 0 saturated heterocycles. The van der Waals surface area contributed by atoms with Crippen molar-refractivity contribution in [1.82, 2.24) is 16.0 Å². The van der Waals surface area contributed by atoms with Crippen molar-refractivity contribution in [3.63, 3.8) is 0 Å². The maximum Gasteiger partial charge on any atom is 0.328 e. The minimum Gasteiger partial charge on any atom is -0.480 e. The molecule has 0 aliphatic rings. The summed E-state index contributed by atoms with van der Waals surface area (Å²) in [6, 6.07) is -4.14. The van der Waals surface area contributed by atoms with E-state index in [1.807, 2.05) is 20.1 Å². The van der Waals surface area contributed by atoms with Crippen LogP contribution >= 0.6 is 11.8 Å². The molecule has 0 fully saturated rings. The fourth-order valence-electron chi connectivity index (χ4n) is 2.24. The molecule has 0 heterocycles. The molecule has 3 amide bonds. The standard InChI is InChI=1S/C17H32N4O6S/c1-9(2)7-12(20-14(23)10(3)18)16(25)19-11(5-6-28-4)15(24)21-13(8-22)17(26)27/h9-13,22H,5-8,18H2,1-4H3,(H,19,25)(H,20,23)(H,21,24)(H,26,27). The summed E-state index contributed by atoms with van der Waals surface area (Å²) in [7, 11) is 0. The second kappa shape index (κ2) is 13.3. The number of rotatable bonds is 13. The second-order valence-electron chi connectivity index (χ2n) is 6.90. The van der Waals surface area contributed by atoms with E-state index in [0.29, 0.717) is 12.2 Å². The number of aliphatic hydroxyl groups is 1. The molecule has 0 saturated carbocycles. The van der Waals surface area contributed by atoms with Gasteiger partial charge < -0.3 is 31.9 Å². The lowest BCUT2D eigenvalue weighted by molar-refractivity contribution is -0.143. The third kappa shape index (κ3) is 9.90. The molecule has 162 valence electrons. The number of thioether (sulfide) groups is 1. The number of nitrogens with one attached hydrogen (secondary N) is 3. The summed E-state index contributed by atoms with van der Waals surface area (Å²) in [5.41, 5.74) is 5.54. The van der Waals surface area contributed by atoms with Crippen molar-refractivity contribution in [2.75, 3.05) is 18.6 Å². The Kier molecular flexibility index (Phi) is 12.5. The SMILES string of the molecule is CSCCC(NC(=O)C(CC(C)C)NC(=O)C(C)N)C(=O)NC(CO)C(=O)O. The third-order valence-electron chi connectivity index (χ3n) is 3.79. The van der Waals surface area contributed by atoms with E-state index >= 15 is 0 Å². The fraction of sp³-hybridized carbons (Fsp3) is 0.765. The summed E-state index contributed by atoms with van der Waals surface area (Å²) in [6.07, 6.45) is 2.43. The van der Waals surface area contributed by atoms with Gasteiger partial charge in [-0.25, -0.2) is 4.79 Å². The zero-order valence-electron chi connectivity index (χ0n) is 16.7. The van der Waals surface area contributed by atoms with Crippen molar-refractivity contribution in [3.05, 3.63) is 0 Å².